The summed E-state index contributed by atoms with van der Waals surface area (Å²) in [6.45, 7) is 13.0. The molecule has 0 unspecified atom stereocenters. The SMILES string of the molecule is CC(C)[C@H](NC(=O)c1ccc(C#CC=Cc2ccc(CN3CCOCC3)cc2)cc1)C(=O)CO.C[C@@H](N)[C@H](NC(=O)c1ccc(C#CC=Cc2ccc(CN3CCOCC3)cc2)cc1)C(=O)CO. The Hall–Kier alpha value is -6.52. The predicted molar refractivity (Wildman–Crippen MR) is 265 cm³/mol. The van der Waals surface area contributed by atoms with Crippen LogP contribution in [-0.4, -0.2) is 127 Å². The Kier molecular flexibility index (Phi) is 21.6. The number of Topliss-reactive ketones (excluding diaryl/α,β-unsaturated/α-hetero) is 2. The molecule has 4 aromatic rings. The molecule has 3 atom stereocenters. The summed E-state index contributed by atoms with van der Waals surface area (Å²) in [4.78, 5) is 53.2. The number of hydrogen-bond acceptors (Lipinski definition) is 11. The molecule has 0 aliphatic carbocycles. The van der Waals surface area contributed by atoms with Crippen LogP contribution in [-0.2, 0) is 32.2 Å². The fraction of sp³-hybridized carbons (Fsp3) is 0.345. The molecular weight excluding hydrogens is 859 g/mol. The number of amides is 2. The number of morpholine rings is 2. The van der Waals surface area contributed by atoms with E-state index < -0.39 is 48.8 Å². The monoisotopic (exact) mass is 921 g/mol. The highest BCUT2D eigenvalue weighted by molar-refractivity contribution is 5.99. The summed E-state index contributed by atoms with van der Waals surface area (Å²) >= 11 is 0. The Labute approximate surface area is 400 Å². The van der Waals surface area contributed by atoms with Gasteiger partial charge in [-0.2, -0.15) is 0 Å². The second-order valence-electron chi connectivity index (χ2n) is 16.9. The van der Waals surface area contributed by atoms with Crippen molar-refractivity contribution in [3.63, 3.8) is 0 Å². The molecule has 0 spiro atoms. The van der Waals surface area contributed by atoms with Crippen molar-refractivity contribution in [1.82, 2.24) is 20.4 Å². The van der Waals surface area contributed by atoms with Gasteiger partial charge >= 0.3 is 0 Å². The van der Waals surface area contributed by atoms with E-state index >= 15 is 0 Å². The number of ether oxygens (including phenoxy) is 2. The molecule has 2 amide bonds. The Morgan fingerprint density at radius 1 is 0.588 bits per heavy atom. The third kappa shape index (κ3) is 17.6. The maximum atomic E-state index is 12.4. The van der Waals surface area contributed by atoms with Gasteiger partial charge in [0.25, 0.3) is 11.8 Å². The molecule has 2 aliphatic heterocycles. The quantitative estimate of drug-likeness (QED) is 0.0999. The second kappa shape index (κ2) is 28.0. The number of aliphatic hydroxyl groups is 2. The lowest BCUT2D eigenvalue weighted by atomic mass is 9.99. The summed E-state index contributed by atoms with van der Waals surface area (Å²) in [6.07, 6.45) is 7.54. The van der Waals surface area contributed by atoms with Crippen molar-refractivity contribution < 1.29 is 38.9 Å². The van der Waals surface area contributed by atoms with Gasteiger partial charge in [0.15, 0.2) is 11.6 Å². The van der Waals surface area contributed by atoms with Crippen molar-refractivity contribution in [2.24, 2.45) is 11.7 Å². The number of carbonyl (C=O) groups excluding carboxylic acids is 4. The molecule has 68 heavy (non-hydrogen) atoms. The predicted octanol–water partition coefficient (Wildman–Crippen LogP) is 4.49. The lowest BCUT2D eigenvalue weighted by Gasteiger charge is -2.26. The summed E-state index contributed by atoms with van der Waals surface area (Å²) in [5.41, 5.74) is 12.8. The molecule has 356 valence electrons. The molecule has 0 bridgehead atoms. The van der Waals surface area contributed by atoms with Crippen LogP contribution >= 0.6 is 0 Å². The minimum absolute atomic E-state index is 0.110. The molecule has 13 nitrogen and oxygen atoms in total. The zero-order chi connectivity index (χ0) is 48.7. The standard InChI is InChI=1S/C28H32N2O4.C27H31N3O4/c1-21(2)27(26(32)20-31)29-28(33)25-13-11-23(12-14-25)6-4-3-5-22-7-9-24(10-8-22)19-30-15-17-34-18-16-30;1-20(28)26(25(32)19-31)29-27(33)24-12-10-22(11-13-24)5-3-2-4-21-6-8-23(9-7-21)18-30-14-16-34-17-15-30/h3,5,7-14,21,27,31H,15-20H2,1-2H3,(H,29,33);2,4,6-13,20,26,31H,14-19,28H2,1H3,(H,29,33)/t27-;20-,26+/m01/s1. The van der Waals surface area contributed by atoms with Gasteiger partial charge < -0.3 is 36.1 Å². The van der Waals surface area contributed by atoms with Crippen LogP contribution in [0.2, 0.25) is 0 Å². The maximum Gasteiger partial charge on any atom is 0.251 e. The summed E-state index contributed by atoms with van der Waals surface area (Å²) < 4.78 is 10.8. The van der Waals surface area contributed by atoms with Crippen molar-refractivity contribution in [2.75, 3.05) is 65.8 Å². The summed E-state index contributed by atoms with van der Waals surface area (Å²) in [6, 6.07) is 28.3. The van der Waals surface area contributed by atoms with Crippen LogP contribution in [0.25, 0.3) is 12.2 Å². The van der Waals surface area contributed by atoms with E-state index in [1.54, 1.807) is 61.5 Å². The number of nitrogens with zero attached hydrogens (tertiary/aromatic N) is 2. The molecule has 6 rings (SSSR count). The molecule has 0 aromatic heterocycles. The third-order valence-electron chi connectivity index (χ3n) is 11.2. The molecule has 0 saturated carbocycles. The first-order chi connectivity index (χ1) is 32.9. The largest absolute Gasteiger partial charge is 0.389 e. The summed E-state index contributed by atoms with van der Waals surface area (Å²) in [5.74, 6) is 10.3. The van der Waals surface area contributed by atoms with Crippen LogP contribution in [0.15, 0.2) is 109 Å². The van der Waals surface area contributed by atoms with Crippen molar-refractivity contribution in [2.45, 2.75) is 52.0 Å². The van der Waals surface area contributed by atoms with E-state index in [1.807, 2.05) is 32.1 Å². The van der Waals surface area contributed by atoms with E-state index in [1.165, 1.54) is 11.1 Å². The molecule has 6 N–H and O–H groups in total. The Balaban J connectivity index is 0.000000254. The van der Waals surface area contributed by atoms with Crippen LogP contribution in [0.3, 0.4) is 0 Å². The topological polar surface area (TPSA) is 184 Å². The first kappa shape index (κ1) is 52.4. The van der Waals surface area contributed by atoms with Crippen LogP contribution in [0.1, 0.15) is 74.9 Å². The number of carbonyl (C=O) groups is 4. The Bertz CT molecular complexity index is 2260. The first-order valence-corrected chi connectivity index (χ1v) is 22.9. The molecule has 2 aliphatic rings. The highest BCUT2D eigenvalue weighted by Crippen LogP contribution is 2.13. The number of hydrogen-bond donors (Lipinski definition) is 5. The smallest absolute Gasteiger partial charge is 0.251 e. The number of nitrogens with one attached hydrogen (secondary N) is 2. The fourth-order valence-corrected chi connectivity index (χ4v) is 7.21. The zero-order valence-electron chi connectivity index (χ0n) is 39.2. The van der Waals surface area contributed by atoms with E-state index in [4.69, 9.17) is 25.4 Å². The van der Waals surface area contributed by atoms with E-state index in [0.29, 0.717) is 11.1 Å². The van der Waals surface area contributed by atoms with Gasteiger partial charge in [0, 0.05) is 67.6 Å². The Morgan fingerprint density at radius 2 is 0.956 bits per heavy atom. The highest BCUT2D eigenvalue weighted by Gasteiger charge is 2.25. The number of nitrogens with two attached hydrogens (primary N) is 1. The summed E-state index contributed by atoms with van der Waals surface area (Å²) in [5, 5.41) is 23.4. The number of allylic oxidation sites excluding steroid dienone is 2. The van der Waals surface area contributed by atoms with Gasteiger partial charge in [0.2, 0.25) is 0 Å². The number of rotatable bonds is 16. The van der Waals surface area contributed by atoms with Crippen molar-refractivity contribution in [3.05, 3.63) is 154 Å². The van der Waals surface area contributed by atoms with Crippen molar-refractivity contribution in [1.29, 1.82) is 0 Å². The molecule has 13 heteroatoms. The number of ketones is 2. The van der Waals surface area contributed by atoms with Crippen molar-refractivity contribution >= 4 is 35.5 Å². The lowest BCUT2D eigenvalue weighted by molar-refractivity contribution is -0.125. The molecular formula is C55H63N5O8. The van der Waals surface area contributed by atoms with E-state index in [9.17, 15) is 19.2 Å². The zero-order valence-corrected chi connectivity index (χ0v) is 39.2. The van der Waals surface area contributed by atoms with E-state index in [2.05, 4.69) is 92.6 Å². The van der Waals surface area contributed by atoms with Gasteiger partial charge in [-0.1, -0.05) is 86.1 Å². The average Bonchev–Trinajstić information content (AvgIpc) is 3.36. The molecule has 2 fully saturated rings. The Morgan fingerprint density at radius 3 is 1.31 bits per heavy atom. The molecule has 2 saturated heterocycles. The molecule has 2 heterocycles. The molecule has 0 radical (unpaired) electrons. The van der Waals surface area contributed by atoms with Gasteiger partial charge in [0.1, 0.15) is 19.3 Å². The number of benzene rings is 4. The van der Waals surface area contributed by atoms with Gasteiger partial charge in [-0.15, -0.1) is 0 Å². The third-order valence-corrected chi connectivity index (χ3v) is 11.2. The highest BCUT2D eigenvalue weighted by atomic mass is 16.5. The van der Waals surface area contributed by atoms with Crippen LogP contribution in [0.4, 0.5) is 0 Å². The van der Waals surface area contributed by atoms with Gasteiger partial charge in [-0.3, -0.25) is 29.0 Å². The summed E-state index contributed by atoms with van der Waals surface area (Å²) in [7, 11) is 0. The second-order valence-corrected chi connectivity index (χ2v) is 16.9. The van der Waals surface area contributed by atoms with Gasteiger partial charge in [-0.05, 0) is 108 Å². The van der Waals surface area contributed by atoms with E-state index in [-0.39, 0.29) is 11.8 Å². The first-order valence-electron chi connectivity index (χ1n) is 22.9. The van der Waals surface area contributed by atoms with E-state index in [0.717, 1.165) is 87.9 Å². The van der Waals surface area contributed by atoms with Gasteiger partial charge in [0.05, 0.1) is 32.5 Å². The van der Waals surface area contributed by atoms with Gasteiger partial charge in [-0.25, -0.2) is 0 Å². The van der Waals surface area contributed by atoms with Crippen LogP contribution in [0, 0.1) is 29.6 Å². The average molecular weight is 922 g/mol. The fourth-order valence-electron chi connectivity index (χ4n) is 7.21. The normalized spacial score (nSPS) is 15.5. The minimum atomic E-state index is -0.935. The minimum Gasteiger partial charge on any atom is -0.389 e. The molecule has 4 aromatic carbocycles. The lowest BCUT2D eigenvalue weighted by Crippen LogP contribution is -2.52. The van der Waals surface area contributed by atoms with Crippen LogP contribution in [0.5, 0.6) is 0 Å². The number of aliphatic hydroxyl groups excluding tert-OH is 2. The van der Waals surface area contributed by atoms with Crippen molar-refractivity contribution in [3.8, 4) is 23.7 Å². The van der Waals surface area contributed by atoms with Crippen LogP contribution < -0.4 is 16.4 Å². The maximum absolute atomic E-state index is 12.4.